The lowest BCUT2D eigenvalue weighted by Crippen LogP contribution is -2.27. The summed E-state index contributed by atoms with van der Waals surface area (Å²) in [4.78, 5) is 13.9. The van der Waals surface area contributed by atoms with Gasteiger partial charge in [-0.05, 0) is 48.7 Å². The predicted molar refractivity (Wildman–Crippen MR) is 103 cm³/mol. The van der Waals surface area contributed by atoms with Crippen LogP contribution in [0.5, 0.6) is 0 Å². The first-order valence-electron chi connectivity index (χ1n) is 8.23. The van der Waals surface area contributed by atoms with Gasteiger partial charge >= 0.3 is 6.09 Å². The summed E-state index contributed by atoms with van der Waals surface area (Å²) >= 11 is -2.70. The Kier molecular flexibility index (Phi) is 9.70. The Morgan fingerprint density at radius 1 is 1.33 bits per heavy atom. The highest BCUT2D eigenvalue weighted by Crippen LogP contribution is 2.22. The molecule has 0 saturated carbocycles. The molecule has 0 aromatic heterocycles. The minimum atomic E-state index is -3.82. The fraction of sp³-hybridized carbons (Fsp3) is 0.562. The summed E-state index contributed by atoms with van der Waals surface area (Å²) in [5, 5.41) is 1.55. The minimum absolute atomic E-state index is 0.427. The third-order valence-electron chi connectivity index (χ3n) is 3.66. The van der Waals surface area contributed by atoms with Crippen LogP contribution in [0.25, 0.3) is 0 Å². The number of aryl methyl sites for hydroxylation is 1. The summed E-state index contributed by atoms with van der Waals surface area (Å²) in [6.45, 7) is 5.58. The van der Waals surface area contributed by atoms with Crippen molar-refractivity contribution < 1.29 is 31.4 Å². The monoisotopic (exact) mass is 421 g/mol. The first-order valence-corrected chi connectivity index (χ1v) is 11.3. The van der Waals surface area contributed by atoms with Gasteiger partial charge in [0, 0.05) is 31.6 Å². The van der Waals surface area contributed by atoms with E-state index in [4.69, 9.17) is 9.47 Å². The minimum Gasteiger partial charge on any atom is -0.772 e. The summed E-state index contributed by atoms with van der Waals surface area (Å²) in [6.07, 6.45) is -0.809. The van der Waals surface area contributed by atoms with Crippen LogP contribution >= 0.6 is 0 Å². The average molecular weight is 422 g/mol. The van der Waals surface area contributed by atoms with Gasteiger partial charge in [0.15, 0.2) is 9.84 Å². The molecule has 154 valence electrons. The van der Waals surface area contributed by atoms with Gasteiger partial charge in [0.25, 0.3) is 0 Å². The van der Waals surface area contributed by atoms with Crippen molar-refractivity contribution in [1.82, 2.24) is 0 Å². The normalized spacial score (nSPS) is 12.4. The molecule has 27 heavy (non-hydrogen) atoms. The highest BCUT2D eigenvalue weighted by Gasteiger charge is 2.14. The highest BCUT2D eigenvalue weighted by atomic mass is 32.3. The Morgan fingerprint density at radius 3 is 2.59 bits per heavy atom. The van der Waals surface area contributed by atoms with Crippen LogP contribution in [0, 0.1) is 6.92 Å². The van der Waals surface area contributed by atoms with Gasteiger partial charge < -0.3 is 18.9 Å². The van der Waals surface area contributed by atoms with Crippen LogP contribution in [-0.4, -0.2) is 67.5 Å². The lowest BCUT2D eigenvalue weighted by atomic mass is 10.1. The van der Waals surface area contributed by atoms with Crippen molar-refractivity contribution in [1.29, 1.82) is 0 Å². The zero-order valence-electron chi connectivity index (χ0n) is 15.6. The van der Waals surface area contributed by atoms with E-state index in [2.05, 4.69) is 10.2 Å². The Labute approximate surface area is 162 Å². The van der Waals surface area contributed by atoms with E-state index in [1.165, 1.54) is 0 Å². The van der Waals surface area contributed by atoms with Gasteiger partial charge in [-0.1, -0.05) is 0 Å². The molecule has 0 heterocycles. The molecule has 1 atom stereocenters. The Balaban J connectivity index is 2.61. The summed E-state index contributed by atoms with van der Waals surface area (Å²) in [5.41, 5.74) is 2.34. The van der Waals surface area contributed by atoms with Crippen LogP contribution in [0.15, 0.2) is 18.2 Å². The number of methoxy groups -OCH3 is 1. The van der Waals surface area contributed by atoms with E-state index in [-0.39, 0.29) is 0 Å². The maximum Gasteiger partial charge on any atom is 0.411 e. The lowest BCUT2D eigenvalue weighted by Gasteiger charge is -2.23. The third kappa shape index (κ3) is 8.69. The number of benzene rings is 1. The van der Waals surface area contributed by atoms with Crippen molar-refractivity contribution in [3.8, 4) is 0 Å². The molecule has 0 spiro atoms. The van der Waals surface area contributed by atoms with Gasteiger partial charge in [-0.15, -0.1) is 0 Å². The van der Waals surface area contributed by atoms with E-state index in [0.29, 0.717) is 12.3 Å². The molecule has 0 aliphatic carbocycles. The number of amides is 1. The largest absolute Gasteiger partial charge is 0.772 e. The maximum atomic E-state index is 11.8. The Bertz CT molecular complexity index is 753. The predicted octanol–water partition coefficient (Wildman–Crippen LogP) is 1.27. The van der Waals surface area contributed by atoms with Gasteiger partial charge in [0.2, 0.25) is 0 Å². The number of carbonyl (C=O) groups is 1. The molecule has 1 aromatic rings. The Hall–Kier alpha value is -1.69. The van der Waals surface area contributed by atoms with Gasteiger partial charge in [-0.3, -0.25) is 9.53 Å². The topological polar surface area (TPSA) is 125 Å². The quantitative estimate of drug-likeness (QED) is 0.530. The summed E-state index contributed by atoms with van der Waals surface area (Å²) in [5.74, 6) is -0.558. The van der Waals surface area contributed by atoms with Crippen LogP contribution < -0.4 is 10.2 Å². The van der Waals surface area contributed by atoms with Crippen molar-refractivity contribution >= 4 is 38.4 Å². The molecule has 0 aliphatic heterocycles. The van der Waals surface area contributed by atoms with Crippen molar-refractivity contribution in [2.75, 3.05) is 54.5 Å². The van der Waals surface area contributed by atoms with E-state index < -0.39 is 44.5 Å². The third-order valence-corrected chi connectivity index (χ3v) is 6.66. The number of likely N-dealkylation sites (N-methyl/N-ethyl adjacent to an activating group) is 1. The molecule has 1 rings (SSSR count). The number of carbonyl (C=O) groups excluding carboxylic acids is 1. The van der Waals surface area contributed by atoms with Gasteiger partial charge in [-0.25, -0.2) is 13.2 Å². The molecular formula is C16H25N2O7S2-. The number of nitrogens with one attached hydrogen (secondary N) is 1. The van der Waals surface area contributed by atoms with E-state index in [1.54, 1.807) is 13.2 Å². The number of sulfone groups is 1. The number of ether oxygens (including phenoxy) is 2. The zero-order valence-corrected chi connectivity index (χ0v) is 17.2. The van der Waals surface area contributed by atoms with E-state index in [9.17, 15) is 22.0 Å². The molecule has 0 aliphatic rings. The van der Waals surface area contributed by atoms with Crippen LogP contribution in [0.1, 0.15) is 12.5 Å². The van der Waals surface area contributed by atoms with Crippen LogP contribution in [0.3, 0.4) is 0 Å². The van der Waals surface area contributed by atoms with Gasteiger partial charge in [0.1, 0.15) is 11.7 Å². The second-order valence-electron chi connectivity index (χ2n) is 5.70. The van der Waals surface area contributed by atoms with E-state index >= 15 is 0 Å². The molecule has 0 saturated heterocycles. The summed E-state index contributed by atoms with van der Waals surface area (Å²) in [6, 6.07) is 5.51. The average Bonchev–Trinajstić information content (AvgIpc) is 2.56. The smallest absolute Gasteiger partial charge is 0.411 e. The second-order valence-corrected chi connectivity index (χ2v) is 9.15. The number of hydrogen-bond donors (Lipinski definition) is 1. The van der Waals surface area contributed by atoms with Crippen molar-refractivity contribution in [3.05, 3.63) is 23.8 Å². The first kappa shape index (κ1) is 23.3. The molecule has 1 amide bonds. The maximum absolute atomic E-state index is 11.8. The molecule has 9 nitrogen and oxygen atoms in total. The molecular weight excluding hydrogens is 396 g/mol. The lowest BCUT2D eigenvalue weighted by molar-refractivity contribution is 0.168. The van der Waals surface area contributed by atoms with Crippen LogP contribution in [0.2, 0.25) is 0 Å². The molecule has 1 aromatic carbocycles. The number of anilines is 2. The fourth-order valence-electron chi connectivity index (χ4n) is 2.27. The molecule has 1 N–H and O–H groups in total. The Morgan fingerprint density at radius 2 is 2.04 bits per heavy atom. The molecule has 11 heteroatoms. The first-order chi connectivity index (χ1) is 12.7. The van der Waals surface area contributed by atoms with Crippen LogP contribution in [-0.2, 0) is 30.4 Å². The van der Waals surface area contributed by atoms with E-state index in [0.717, 1.165) is 24.3 Å². The molecule has 1 unspecified atom stereocenters. The molecule has 0 bridgehead atoms. The van der Waals surface area contributed by atoms with E-state index in [1.807, 2.05) is 26.0 Å². The number of hydrogen-bond acceptors (Lipinski definition) is 8. The second kappa shape index (κ2) is 11.2. The van der Waals surface area contributed by atoms with Crippen molar-refractivity contribution in [2.24, 2.45) is 0 Å². The fourth-order valence-corrected chi connectivity index (χ4v) is 4.25. The van der Waals surface area contributed by atoms with Crippen LogP contribution in [0.4, 0.5) is 16.2 Å². The standard InChI is InChI=1S/C16H26N2O7S2/c1-4-18(7-8-24-3)14-5-6-15(13(2)11-14)17-16(19)25-9-10-27(22,23)12-26(20)21/h5-6,11H,4,7-10,12H2,1-3H3,(H,17,19)(H,20,21)/p-1. The number of nitrogens with zero attached hydrogens (tertiary/aromatic N) is 1. The highest BCUT2D eigenvalue weighted by molar-refractivity contribution is 8.03. The van der Waals surface area contributed by atoms with Crippen molar-refractivity contribution in [2.45, 2.75) is 13.8 Å². The summed E-state index contributed by atoms with van der Waals surface area (Å²) in [7, 11) is -2.17. The molecule has 0 radical (unpaired) electrons. The van der Waals surface area contributed by atoms with Gasteiger partial charge in [-0.2, -0.15) is 0 Å². The molecule has 0 fully saturated rings. The number of rotatable bonds is 11. The van der Waals surface area contributed by atoms with Crippen molar-refractivity contribution in [3.63, 3.8) is 0 Å². The van der Waals surface area contributed by atoms with Gasteiger partial charge in [0.05, 0.1) is 12.4 Å². The SMILES string of the molecule is CCN(CCOC)c1ccc(NC(=O)OCCS(=O)(=O)CS(=O)[O-])c(C)c1. The zero-order chi connectivity index (χ0) is 20.4. The summed E-state index contributed by atoms with van der Waals surface area (Å²) < 4.78 is 53.6.